The Kier molecular flexibility index (Phi) is 2.33. The second kappa shape index (κ2) is 3.77. The number of rotatable bonds is 3. The monoisotopic (exact) mass is 243 g/mol. The minimum Gasteiger partial charge on any atom is -0.399 e. The maximum Gasteiger partial charge on any atom is 0.267 e. The summed E-state index contributed by atoms with van der Waals surface area (Å²) in [7, 11) is 0. The molecule has 18 heavy (non-hydrogen) atoms. The molecule has 94 valence electrons. The van der Waals surface area contributed by atoms with Gasteiger partial charge in [-0.25, -0.2) is 0 Å². The van der Waals surface area contributed by atoms with Crippen molar-refractivity contribution >= 4 is 22.5 Å². The first-order valence-corrected chi connectivity index (χ1v) is 6.22. The third-order valence-electron chi connectivity index (χ3n) is 3.67. The summed E-state index contributed by atoms with van der Waals surface area (Å²) in [6, 6.07) is 7.43. The van der Waals surface area contributed by atoms with Crippen molar-refractivity contribution in [1.82, 2.24) is 10.3 Å². The summed E-state index contributed by atoms with van der Waals surface area (Å²) in [6.07, 6.45) is 2.41. The predicted octanol–water partition coefficient (Wildman–Crippen LogP) is 2.28. The summed E-state index contributed by atoms with van der Waals surface area (Å²) >= 11 is 0. The number of fused-ring (bicyclic) bond motifs is 1. The lowest BCUT2D eigenvalue weighted by molar-refractivity contribution is 0.0942. The normalized spacial score (nSPS) is 16.7. The number of nitrogen functional groups attached to an aromatic ring is 1. The zero-order valence-corrected chi connectivity index (χ0v) is 10.4. The molecule has 1 aliphatic carbocycles. The van der Waals surface area contributed by atoms with E-state index < -0.39 is 0 Å². The zero-order chi connectivity index (χ0) is 12.8. The van der Waals surface area contributed by atoms with Crippen LogP contribution in [0.1, 0.15) is 30.3 Å². The van der Waals surface area contributed by atoms with Gasteiger partial charge < -0.3 is 16.0 Å². The Balaban J connectivity index is 1.78. The van der Waals surface area contributed by atoms with E-state index in [4.69, 9.17) is 5.73 Å². The van der Waals surface area contributed by atoms with Gasteiger partial charge in [0.25, 0.3) is 5.91 Å². The Morgan fingerprint density at radius 2 is 2.22 bits per heavy atom. The molecule has 3 rings (SSSR count). The lowest BCUT2D eigenvalue weighted by Gasteiger charge is -2.08. The lowest BCUT2D eigenvalue weighted by Crippen LogP contribution is -2.29. The molecule has 1 saturated carbocycles. The van der Waals surface area contributed by atoms with E-state index in [0.717, 1.165) is 17.4 Å². The molecule has 0 spiro atoms. The van der Waals surface area contributed by atoms with Gasteiger partial charge in [0, 0.05) is 23.1 Å². The number of nitrogens with one attached hydrogen (secondary N) is 2. The molecule has 0 atom stereocenters. The van der Waals surface area contributed by atoms with Crippen LogP contribution in [0.2, 0.25) is 0 Å². The van der Waals surface area contributed by atoms with E-state index in [1.165, 1.54) is 12.8 Å². The molecule has 1 aliphatic rings. The number of nitrogens with two attached hydrogens (primary N) is 1. The molecular formula is C14H17N3O. The van der Waals surface area contributed by atoms with E-state index >= 15 is 0 Å². The van der Waals surface area contributed by atoms with Crippen molar-refractivity contribution < 1.29 is 4.79 Å². The molecule has 0 unspecified atom stereocenters. The van der Waals surface area contributed by atoms with Crippen molar-refractivity contribution in [1.29, 1.82) is 0 Å². The zero-order valence-electron chi connectivity index (χ0n) is 10.4. The van der Waals surface area contributed by atoms with Gasteiger partial charge in [-0.05, 0) is 42.5 Å². The van der Waals surface area contributed by atoms with Gasteiger partial charge in [0.05, 0.1) is 0 Å². The van der Waals surface area contributed by atoms with Crippen LogP contribution < -0.4 is 11.1 Å². The van der Waals surface area contributed by atoms with E-state index in [1.54, 1.807) is 0 Å². The van der Waals surface area contributed by atoms with Crippen molar-refractivity contribution in [2.75, 3.05) is 12.3 Å². The van der Waals surface area contributed by atoms with Crippen molar-refractivity contribution in [2.24, 2.45) is 5.41 Å². The maximum absolute atomic E-state index is 12.0. The van der Waals surface area contributed by atoms with E-state index in [2.05, 4.69) is 17.2 Å². The summed E-state index contributed by atoms with van der Waals surface area (Å²) in [5.74, 6) is -0.0436. The summed E-state index contributed by atoms with van der Waals surface area (Å²) in [5.41, 5.74) is 8.29. The van der Waals surface area contributed by atoms with E-state index in [0.29, 0.717) is 16.8 Å². The summed E-state index contributed by atoms with van der Waals surface area (Å²) in [5, 5.41) is 3.95. The third-order valence-corrected chi connectivity index (χ3v) is 3.67. The molecule has 1 fully saturated rings. The Hall–Kier alpha value is -1.97. The molecule has 0 radical (unpaired) electrons. The van der Waals surface area contributed by atoms with Gasteiger partial charge in [-0.2, -0.15) is 0 Å². The fraction of sp³-hybridized carbons (Fsp3) is 0.357. The second-order valence-corrected chi connectivity index (χ2v) is 5.52. The van der Waals surface area contributed by atoms with Crippen molar-refractivity contribution in [3.63, 3.8) is 0 Å². The van der Waals surface area contributed by atoms with E-state index in [-0.39, 0.29) is 5.91 Å². The lowest BCUT2D eigenvalue weighted by atomic mass is 10.1. The highest BCUT2D eigenvalue weighted by molar-refractivity contribution is 5.98. The van der Waals surface area contributed by atoms with Crippen LogP contribution in [0.15, 0.2) is 24.3 Å². The number of H-pyrrole nitrogens is 1. The number of amides is 1. The minimum atomic E-state index is -0.0436. The molecule has 0 saturated heterocycles. The minimum absolute atomic E-state index is 0.0436. The number of aromatic amines is 1. The fourth-order valence-corrected chi connectivity index (χ4v) is 2.05. The van der Waals surface area contributed by atoms with Gasteiger partial charge in [0.15, 0.2) is 0 Å². The molecule has 4 N–H and O–H groups in total. The van der Waals surface area contributed by atoms with E-state index in [9.17, 15) is 4.79 Å². The summed E-state index contributed by atoms with van der Waals surface area (Å²) in [6.45, 7) is 2.95. The van der Waals surface area contributed by atoms with Crippen LogP contribution in [-0.2, 0) is 0 Å². The largest absolute Gasteiger partial charge is 0.399 e. The molecule has 0 bridgehead atoms. The third kappa shape index (κ3) is 2.06. The number of benzene rings is 1. The Labute approximate surface area is 106 Å². The van der Waals surface area contributed by atoms with Crippen LogP contribution in [0, 0.1) is 5.41 Å². The average Bonchev–Trinajstić information content (AvgIpc) is 2.92. The van der Waals surface area contributed by atoms with E-state index in [1.807, 2.05) is 24.3 Å². The molecule has 1 amide bonds. The number of carbonyl (C=O) groups is 1. The van der Waals surface area contributed by atoms with Gasteiger partial charge in [0.1, 0.15) is 5.69 Å². The molecular weight excluding hydrogens is 226 g/mol. The number of anilines is 1. The van der Waals surface area contributed by atoms with Gasteiger partial charge in [-0.3, -0.25) is 4.79 Å². The molecule has 2 aromatic rings. The quantitative estimate of drug-likeness (QED) is 0.724. The van der Waals surface area contributed by atoms with Gasteiger partial charge in [-0.1, -0.05) is 6.92 Å². The Morgan fingerprint density at radius 1 is 1.44 bits per heavy atom. The van der Waals surface area contributed by atoms with Crippen LogP contribution in [0.5, 0.6) is 0 Å². The molecule has 0 aliphatic heterocycles. The summed E-state index contributed by atoms with van der Waals surface area (Å²) in [4.78, 5) is 15.1. The molecule has 1 aromatic carbocycles. The first-order valence-electron chi connectivity index (χ1n) is 6.22. The van der Waals surface area contributed by atoms with Crippen LogP contribution in [0.25, 0.3) is 10.9 Å². The molecule has 4 nitrogen and oxygen atoms in total. The predicted molar refractivity (Wildman–Crippen MR) is 72.4 cm³/mol. The van der Waals surface area contributed by atoms with Crippen molar-refractivity contribution in [2.45, 2.75) is 19.8 Å². The van der Waals surface area contributed by atoms with Crippen LogP contribution >= 0.6 is 0 Å². The first kappa shape index (κ1) is 11.1. The Bertz CT molecular complexity index is 611. The maximum atomic E-state index is 12.0. The smallest absolute Gasteiger partial charge is 0.267 e. The van der Waals surface area contributed by atoms with Gasteiger partial charge in [-0.15, -0.1) is 0 Å². The first-order chi connectivity index (χ1) is 8.56. The average molecular weight is 243 g/mol. The number of aromatic nitrogens is 1. The topological polar surface area (TPSA) is 70.9 Å². The van der Waals surface area contributed by atoms with Crippen LogP contribution in [0.4, 0.5) is 5.69 Å². The molecule has 1 aromatic heterocycles. The number of carbonyl (C=O) groups excluding carboxylic acids is 1. The highest BCUT2D eigenvalue weighted by Crippen LogP contribution is 2.44. The van der Waals surface area contributed by atoms with Gasteiger partial charge >= 0.3 is 0 Å². The fourth-order valence-electron chi connectivity index (χ4n) is 2.05. The molecule has 1 heterocycles. The van der Waals surface area contributed by atoms with Crippen LogP contribution in [0.3, 0.4) is 0 Å². The van der Waals surface area contributed by atoms with Crippen molar-refractivity contribution in [3.05, 3.63) is 30.0 Å². The highest BCUT2D eigenvalue weighted by atomic mass is 16.1. The summed E-state index contributed by atoms with van der Waals surface area (Å²) < 4.78 is 0. The standard InChI is InChI=1S/C14H17N3O/c1-14(4-5-14)8-16-13(18)12-7-9-6-10(15)2-3-11(9)17-12/h2-3,6-7,17H,4-5,8,15H2,1H3,(H,16,18). The number of hydrogen-bond donors (Lipinski definition) is 3. The molecule has 4 heteroatoms. The van der Waals surface area contributed by atoms with Gasteiger partial charge in [0.2, 0.25) is 0 Å². The SMILES string of the molecule is CC1(CNC(=O)c2cc3cc(N)ccc3[nH]2)CC1. The van der Waals surface area contributed by atoms with Crippen LogP contribution in [-0.4, -0.2) is 17.4 Å². The number of hydrogen-bond acceptors (Lipinski definition) is 2. The second-order valence-electron chi connectivity index (χ2n) is 5.52. The van der Waals surface area contributed by atoms with Crippen molar-refractivity contribution in [3.8, 4) is 0 Å². The highest BCUT2D eigenvalue weighted by Gasteiger charge is 2.37. The Morgan fingerprint density at radius 3 is 2.94 bits per heavy atom.